The standard InChI is InChI=1S/C5H6O2/c1-2-3-5(7)4-6/h4-5,7H,1H3. The molecule has 0 aliphatic heterocycles. The third-order valence-corrected chi connectivity index (χ3v) is 0.421. The molecule has 0 bridgehead atoms. The average molecular weight is 98.1 g/mol. The van der Waals surface area contributed by atoms with Crippen LogP contribution >= 0.6 is 0 Å². The lowest BCUT2D eigenvalue weighted by Gasteiger charge is -1.81. The smallest absolute Gasteiger partial charge is 0.170 e. The van der Waals surface area contributed by atoms with Crippen LogP contribution in [-0.4, -0.2) is 17.5 Å². The first kappa shape index (κ1) is 6.19. The van der Waals surface area contributed by atoms with Crippen molar-refractivity contribution < 1.29 is 9.90 Å². The summed E-state index contributed by atoms with van der Waals surface area (Å²) in [7, 11) is 0. The Morgan fingerprint density at radius 2 is 2.43 bits per heavy atom. The number of aliphatic hydroxyl groups is 1. The predicted molar refractivity (Wildman–Crippen MR) is 25.5 cm³/mol. The molecule has 0 saturated carbocycles. The van der Waals surface area contributed by atoms with Gasteiger partial charge in [-0.1, -0.05) is 5.92 Å². The van der Waals surface area contributed by atoms with Crippen LogP contribution in [-0.2, 0) is 4.79 Å². The molecule has 0 aromatic heterocycles. The molecule has 1 atom stereocenters. The Morgan fingerprint density at radius 1 is 1.86 bits per heavy atom. The summed E-state index contributed by atoms with van der Waals surface area (Å²) in [5.74, 6) is 4.62. The van der Waals surface area contributed by atoms with E-state index < -0.39 is 6.10 Å². The lowest BCUT2D eigenvalue weighted by molar-refractivity contribution is -0.112. The first-order valence-corrected chi connectivity index (χ1v) is 1.87. The van der Waals surface area contributed by atoms with Crippen LogP contribution in [0, 0.1) is 11.8 Å². The van der Waals surface area contributed by atoms with Gasteiger partial charge in [-0.3, -0.25) is 4.79 Å². The van der Waals surface area contributed by atoms with E-state index in [1.165, 1.54) is 0 Å². The summed E-state index contributed by atoms with van der Waals surface area (Å²) in [5, 5.41) is 8.32. The third kappa shape index (κ3) is 3.01. The summed E-state index contributed by atoms with van der Waals surface area (Å²) in [6.07, 6.45) is -0.707. The highest BCUT2D eigenvalue weighted by Crippen LogP contribution is 1.66. The van der Waals surface area contributed by atoms with Gasteiger partial charge in [-0.05, 0) is 6.92 Å². The highest BCUT2D eigenvalue weighted by Gasteiger charge is 1.88. The van der Waals surface area contributed by atoms with Crippen molar-refractivity contribution in [3.63, 3.8) is 0 Å². The number of hydrogen-bond donors (Lipinski definition) is 1. The van der Waals surface area contributed by atoms with Crippen LogP contribution in [0.25, 0.3) is 0 Å². The van der Waals surface area contributed by atoms with E-state index in [1.54, 1.807) is 6.92 Å². The molecule has 0 fully saturated rings. The molecule has 0 aliphatic carbocycles. The fraction of sp³-hybridized carbons (Fsp3) is 0.400. The SMILES string of the molecule is CC#CC(O)C=O. The van der Waals surface area contributed by atoms with Gasteiger partial charge in [-0.25, -0.2) is 0 Å². The third-order valence-electron chi connectivity index (χ3n) is 0.421. The Kier molecular flexibility index (Phi) is 2.99. The molecule has 38 valence electrons. The summed E-state index contributed by atoms with van der Waals surface area (Å²) < 4.78 is 0. The van der Waals surface area contributed by atoms with Gasteiger partial charge in [0.15, 0.2) is 12.4 Å². The fourth-order valence-corrected chi connectivity index (χ4v) is 0.182. The van der Waals surface area contributed by atoms with Gasteiger partial charge in [-0.2, -0.15) is 0 Å². The molecule has 0 rings (SSSR count). The summed E-state index contributed by atoms with van der Waals surface area (Å²) in [4.78, 5) is 9.54. The Hall–Kier alpha value is -0.810. The average Bonchev–Trinajstić information content (AvgIpc) is 1.68. The Labute approximate surface area is 42.2 Å². The van der Waals surface area contributed by atoms with Crippen molar-refractivity contribution in [3.05, 3.63) is 0 Å². The Balaban J connectivity index is 3.49. The van der Waals surface area contributed by atoms with E-state index in [2.05, 4.69) is 11.8 Å². The van der Waals surface area contributed by atoms with Crippen molar-refractivity contribution in [1.29, 1.82) is 0 Å². The largest absolute Gasteiger partial charge is 0.373 e. The zero-order chi connectivity index (χ0) is 5.70. The van der Waals surface area contributed by atoms with Gasteiger partial charge in [0.2, 0.25) is 0 Å². The van der Waals surface area contributed by atoms with E-state index in [4.69, 9.17) is 5.11 Å². The number of carbonyl (C=O) groups excluding carboxylic acids is 1. The van der Waals surface area contributed by atoms with Crippen LogP contribution in [0.3, 0.4) is 0 Å². The molecule has 2 heteroatoms. The number of rotatable bonds is 1. The molecule has 0 saturated heterocycles. The van der Waals surface area contributed by atoms with Crippen molar-refractivity contribution in [3.8, 4) is 11.8 Å². The molecule has 1 unspecified atom stereocenters. The molecular formula is C5H6O2. The van der Waals surface area contributed by atoms with Gasteiger partial charge in [0, 0.05) is 0 Å². The molecule has 0 aromatic carbocycles. The summed E-state index contributed by atoms with van der Waals surface area (Å²) in [6, 6.07) is 0. The summed E-state index contributed by atoms with van der Waals surface area (Å²) in [6.45, 7) is 1.56. The predicted octanol–water partition coefficient (Wildman–Crippen LogP) is -0.431. The van der Waals surface area contributed by atoms with Crippen LogP contribution in [0.4, 0.5) is 0 Å². The van der Waals surface area contributed by atoms with Gasteiger partial charge in [0.05, 0.1) is 0 Å². The molecule has 7 heavy (non-hydrogen) atoms. The van der Waals surface area contributed by atoms with Gasteiger partial charge in [0.1, 0.15) is 0 Å². The minimum atomic E-state index is -1.09. The minimum absolute atomic E-state index is 0.385. The molecule has 0 radical (unpaired) electrons. The second-order valence-electron chi connectivity index (χ2n) is 0.975. The maximum atomic E-state index is 9.54. The normalized spacial score (nSPS) is 11.1. The highest BCUT2D eigenvalue weighted by molar-refractivity contribution is 5.60. The lowest BCUT2D eigenvalue weighted by atomic mass is 10.4. The van der Waals surface area contributed by atoms with Crippen LogP contribution in [0.15, 0.2) is 0 Å². The lowest BCUT2D eigenvalue weighted by Crippen LogP contribution is -2.02. The van der Waals surface area contributed by atoms with Crippen LogP contribution in [0.5, 0.6) is 0 Å². The first-order chi connectivity index (χ1) is 3.31. The maximum absolute atomic E-state index is 9.54. The fourth-order valence-electron chi connectivity index (χ4n) is 0.182. The second-order valence-corrected chi connectivity index (χ2v) is 0.975. The Morgan fingerprint density at radius 3 is 2.57 bits per heavy atom. The van der Waals surface area contributed by atoms with Gasteiger partial charge in [0.25, 0.3) is 0 Å². The monoisotopic (exact) mass is 98.0 g/mol. The van der Waals surface area contributed by atoms with E-state index >= 15 is 0 Å². The Bertz CT molecular complexity index is 107. The van der Waals surface area contributed by atoms with Crippen molar-refractivity contribution in [2.24, 2.45) is 0 Å². The first-order valence-electron chi connectivity index (χ1n) is 1.87. The molecule has 0 spiro atoms. The van der Waals surface area contributed by atoms with E-state index in [0.717, 1.165) is 0 Å². The summed E-state index contributed by atoms with van der Waals surface area (Å²) in [5.41, 5.74) is 0. The van der Waals surface area contributed by atoms with E-state index in [1.807, 2.05) is 0 Å². The quantitative estimate of drug-likeness (QED) is 0.357. The van der Waals surface area contributed by atoms with Crippen molar-refractivity contribution in [1.82, 2.24) is 0 Å². The van der Waals surface area contributed by atoms with Gasteiger partial charge >= 0.3 is 0 Å². The van der Waals surface area contributed by atoms with Crippen molar-refractivity contribution in [2.45, 2.75) is 13.0 Å². The zero-order valence-electron chi connectivity index (χ0n) is 4.01. The topological polar surface area (TPSA) is 37.3 Å². The second kappa shape index (κ2) is 3.38. The molecule has 2 nitrogen and oxygen atoms in total. The van der Waals surface area contributed by atoms with E-state index in [9.17, 15) is 4.79 Å². The van der Waals surface area contributed by atoms with Gasteiger partial charge < -0.3 is 5.11 Å². The van der Waals surface area contributed by atoms with E-state index in [-0.39, 0.29) is 0 Å². The molecule has 0 aromatic rings. The number of aliphatic hydroxyl groups excluding tert-OH is 1. The van der Waals surface area contributed by atoms with Crippen molar-refractivity contribution in [2.75, 3.05) is 0 Å². The molecule has 0 aliphatic rings. The van der Waals surface area contributed by atoms with E-state index in [0.29, 0.717) is 6.29 Å². The van der Waals surface area contributed by atoms with Crippen LogP contribution in [0.1, 0.15) is 6.92 Å². The molecule has 1 N–H and O–H groups in total. The number of aldehydes is 1. The molecule has 0 heterocycles. The molecule has 0 amide bonds. The van der Waals surface area contributed by atoms with Crippen LogP contribution < -0.4 is 0 Å². The zero-order valence-corrected chi connectivity index (χ0v) is 4.01. The highest BCUT2D eigenvalue weighted by atomic mass is 16.3. The van der Waals surface area contributed by atoms with Crippen molar-refractivity contribution >= 4 is 6.29 Å². The number of carbonyl (C=O) groups is 1. The van der Waals surface area contributed by atoms with Gasteiger partial charge in [-0.15, -0.1) is 5.92 Å². The number of hydrogen-bond acceptors (Lipinski definition) is 2. The minimum Gasteiger partial charge on any atom is -0.373 e. The summed E-state index contributed by atoms with van der Waals surface area (Å²) >= 11 is 0. The van der Waals surface area contributed by atoms with Crippen LogP contribution in [0.2, 0.25) is 0 Å². The molecular weight excluding hydrogens is 92.1 g/mol. The maximum Gasteiger partial charge on any atom is 0.170 e.